The Morgan fingerprint density at radius 1 is 1.17 bits per heavy atom. The molecule has 0 unspecified atom stereocenters. The number of carboxylic acids is 1. The SMILES string of the molecule is O=C(O)c1ccc(N2C[C@@H]3C[C@H]2C[C@H]3OCc2c(C3CC3)cnn2-c2c(Cl)cccc2Cl)cc1F. The number of ether oxygens (including phenoxy) is 1. The summed E-state index contributed by atoms with van der Waals surface area (Å²) in [5, 5.41) is 14.8. The van der Waals surface area contributed by atoms with E-state index in [0.717, 1.165) is 43.6 Å². The summed E-state index contributed by atoms with van der Waals surface area (Å²) >= 11 is 13.0. The van der Waals surface area contributed by atoms with E-state index in [0.29, 0.717) is 34.2 Å². The fraction of sp³-hybridized carbons (Fsp3) is 0.385. The summed E-state index contributed by atoms with van der Waals surface area (Å²) in [4.78, 5) is 13.3. The molecule has 3 aliphatic rings. The van der Waals surface area contributed by atoms with Crippen LogP contribution in [0.4, 0.5) is 10.1 Å². The Morgan fingerprint density at radius 2 is 1.94 bits per heavy atom. The number of para-hydroxylation sites is 1. The second-order valence-corrected chi connectivity index (χ2v) is 10.5. The van der Waals surface area contributed by atoms with Gasteiger partial charge >= 0.3 is 5.97 Å². The van der Waals surface area contributed by atoms with Gasteiger partial charge in [-0.05, 0) is 67.5 Å². The Morgan fingerprint density at radius 3 is 2.57 bits per heavy atom. The molecule has 2 heterocycles. The van der Waals surface area contributed by atoms with Gasteiger partial charge in [0.25, 0.3) is 0 Å². The topological polar surface area (TPSA) is 67.6 Å². The van der Waals surface area contributed by atoms with E-state index in [9.17, 15) is 9.18 Å². The molecule has 0 radical (unpaired) electrons. The van der Waals surface area contributed by atoms with Crippen molar-refractivity contribution in [2.24, 2.45) is 5.92 Å². The van der Waals surface area contributed by atoms with Crippen molar-refractivity contribution in [3.05, 3.63) is 75.3 Å². The van der Waals surface area contributed by atoms with Crippen molar-refractivity contribution in [3.63, 3.8) is 0 Å². The molecule has 1 saturated heterocycles. The van der Waals surface area contributed by atoms with Crippen LogP contribution >= 0.6 is 23.2 Å². The van der Waals surface area contributed by atoms with Crippen LogP contribution in [0.2, 0.25) is 10.0 Å². The van der Waals surface area contributed by atoms with Gasteiger partial charge in [0.05, 0.1) is 40.2 Å². The molecule has 3 aromatic rings. The molecule has 1 N–H and O–H groups in total. The molecule has 6 nitrogen and oxygen atoms in total. The minimum Gasteiger partial charge on any atom is -0.478 e. The van der Waals surface area contributed by atoms with Crippen LogP contribution in [0.15, 0.2) is 42.6 Å². The maximum Gasteiger partial charge on any atom is 0.338 e. The van der Waals surface area contributed by atoms with Crippen LogP contribution in [0, 0.1) is 11.7 Å². The third-order valence-electron chi connectivity index (χ3n) is 7.49. The van der Waals surface area contributed by atoms with Gasteiger partial charge in [-0.2, -0.15) is 5.10 Å². The molecule has 1 aliphatic heterocycles. The standard InChI is InChI=1S/C26H24Cl2FN3O3/c27-20-2-1-3-21(28)25(20)32-23(19(11-30-32)14-4-5-14)13-35-24-10-17-8-15(24)12-31(17)16-6-7-18(26(33)34)22(29)9-16/h1-3,6-7,9,11,14-15,17,24H,4-5,8,10,12-13H2,(H,33,34)/t15-,17-,24+/m0/s1. The lowest BCUT2D eigenvalue weighted by Gasteiger charge is -2.33. The number of halogens is 3. The van der Waals surface area contributed by atoms with Gasteiger partial charge in [-0.15, -0.1) is 0 Å². The van der Waals surface area contributed by atoms with E-state index >= 15 is 0 Å². The summed E-state index contributed by atoms with van der Waals surface area (Å²) in [6, 6.07) is 10.0. The van der Waals surface area contributed by atoms with Gasteiger partial charge < -0.3 is 14.7 Å². The Labute approximate surface area is 212 Å². The van der Waals surface area contributed by atoms with Crippen LogP contribution in [0.5, 0.6) is 0 Å². The highest BCUT2D eigenvalue weighted by molar-refractivity contribution is 6.37. The van der Waals surface area contributed by atoms with Crippen molar-refractivity contribution in [2.75, 3.05) is 11.4 Å². The van der Waals surface area contributed by atoms with Crippen molar-refractivity contribution >= 4 is 34.9 Å². The van der Waals surface area contributed by atoms with Crippen molar-refractivity contribution in [2.45, 2.75) is 50.4 Å². The number of nitrogens with zero attached hydrogens (tertiary/aromatic N) is 3. The van der Waals surface area contributed by atoms with Crippen LogP contribution in [-0.2, 0) is 11.3 Å². The van der Waals surface area contributed by atoms with Crippen LogP contribution in [0.25, 0.3) is 5.69 Å². The van der Waals surface area contributed by atoms with Gasteiger partial charge in [0.15, 0.2) is 0 Å². The molecule has 0 amide bonds. The first-order valence-corrected chi connectivity index (χ1v) is 12.6. The molecule has 2 saturated carbocycles. The van der Waals surface area contributed by atoms with E-state index in [1.54, 1.807) is 6.07 Å². The molecule has 0 spiro atoms. The van der Waals surface area contributed by atoms with Crippen molar-refractivity contribution in [1.29, 1.82) is 0 Å². The highest BCUT2D eigenvalue weighted by atomic mass is 35.5. The van der Waals surface area contributed by atoms with Gasteiger partial charge in [0.1, 0.15) is 11.5 Å². The first kappa shape index (κ1) is 22.8. The van der Waals surface area contributed by atoms with Crippen molar-refractivity contribution in [3.8, 4) is 5.69 Å². The average Bonchev–Trinajstić information content (AvgIpc) is 3.28. The van der Waals surface area contributed by atoms with Crippen LogP contribution in [-0.4, -0.2) is 39.5 Å². The van der Waals surface area contributed by atoms with E-state index in [4.69, 9.17) is 33.0 Å². The zero-order valence-corrected chi connectivity index (χ0v) is 20.3. The van der Waals surface area contributed by atoms with Gasteiger partial charge in [-0.1, -0.05) is 29.3 Å². The normalized spacial score (nSPS) is 23.3. The molecule has 2 bridgehead atoms. The van der Waals surface area contributed by atoms with E-state index in [1.807, 2.05) is 29.1 Å². The van der Waals surface area contributed by atoms with E-state index in [-0.39, 0.29) is 17.7 Å². The largest absolute Gasteiger partial charge is 0.478 e. The predicted molar refractivity (Wildman–Crippen MR) is 131 cm³/mol. The summed E-state index contributed by atoms with van der Waals surface area (Å²) < 4.78 is 22.5. The number of hydrogen-bond acceptors (Lipinski definition) is 4. The quantitative estimate of drug-likeness (QED) is 0.413. The number of aromatic nitrogens is 2. The number of hydrogen-bond donors (Lipinski definition) is 1. The minimum atomic E-state index is -1.26. The zero-order chi connectivity index (χ0) is 24.3. The second-order valence-electron chi connectivity index (χ2n) is 9.66. The monoisotopic (exact) mass is 515 g/mol. The molecule has 9 heteroatoms. The van der Waals surface area contributed by atoms with Crippen LogP contribution in [0.1, 0.15) is 53.2 Å². The highest BCUT2D eigenvalue weighted by Crippen LogP contribution is 2.45. The first-order chi connectivity index (χ1) is 16.9. The lowest BCUT2D eigenvalue weighted by molar-refractivity contribution is 0.00993. The number of benzene rings is 2. The second kappa shape index (κ2) is 8.80. The molecule has 2 aromatic carbocycles. The minimum absolute atomic E-state index is 0.0940. The van der Waals surface area contributed by atoms with Gasteiger partial charge in [0, 0.05) is 24.2 Å². The Balaban J connectivity index is 1.18. The molecule has 35 heavy (non-hydrogen) atoms. The molecular weight excluding hydrogens is 492 g/mol. The number of piperidine rings is 1. The number of aromatic carboxylic acids is 1. The van der Waals surface area contributed by atoms with Gasteiger partial charge in [-0.3, -0.25) is 0 Å². The zero-order valence-electron chi connectivity index (χ0n) is 18.8. The van der Waals surface area contributed by atoms with Crippen molar-refractivity contribution in [1.82, 2.24) is 9.78 Å². The molecule has 1 aromatic heterocycles. The van der Waals surface area contributed by atoms with E-state index in [2.05, 4.69) is 10.00 Å². The Hall–Kier alpha value is -2.61. The first-order valence-electron chi connectivity index (χ1n) is 11.8. The summed E-state index contributed by atoms with van der Waals surface area (Å²) in [6.07, 6.45) is 6.11. The lowest BCUT2D eigenvalue weighted by Crippen LogP contribution is -2.38. The number of carbonyl (C=O) groups is 1. The number of rotatable bonds is 7. The van der Waals surface area contributed by atoms with Gasteiger partial charge in [-0.25, -0.2) is 13.9 Å². The predicted octanol–water partition coefficient (Wildman–Crippen LogP) is 6.08. The average molecular weight is 516 g/mol. The molecule has 182 valence electrons. The smallest absolute Gasteiger partial charge is 0.338 e. The van der Waals surface area contributed by atoms with Gasteiger partial charge in [0.2, 0.25) is 0 Å². The summed E-state index contributed by atoms with van der Waals surface area (Å²) in [5.41, 5.74) is 3.28. The number of carboxylic acid groups (broad SMARTS) is 1. The maximum absolute atomic E-state index is 14.2. The molecule has 3 fully saturated rings. The number of fused-ring (bicyclic) bond motifs is 2. The highest BCUT2D eigenvalue weighted by Gasteiger charge is 2.45. The van der Waals surface area contributed by atoms with E-state index < -0.39 is 11.8 Å². The Kier molecular flexibility index (Phi) is 5.74. The summed E-state index contributed by atoms with van der Waals surface area (Å²) in [5.74, 6) is -1.13. The fourth-order valence-electron chi connectivity index (χ4n) is 5.62. The Bertz CT molecular complexity index is 1290. The molecular formula is C26H24Cl2FN3O3. The summed E-state index contributed by atoms with van der Waals surface area (Å²) in [6.45, 7) is 1.18. The third-order valence-corrected chi connectivity index (χ3v) is 8.10. The lowest BCUT2D eigenvalue weighted by atomic mass is 10.0. The van der Waals surface area contributed by atoms with Crippen LogP contribution in [0.3, 0.4) is 0 Å². The molecule has 6 rings (SSSR count). The number of anilines is 1. The van der Waals surface area contributed by atoms with E-state index in [1.165, 1.54) is 17.7 Å². The molecule has 3 atom stereocenters. The fourth-order valence-corrected chi connectivity index (χ4v) is 6.18. The van der Waals surface area contributed by atoms with Crippen molar-refractivity contribution < 1.29 is 19.0 Å². The third kappa shape index (κ3) is 4.09. The van der Waals surface area contributed by atoms with Crippen LogP contribution < -0.4 is 4.90 Å². The molecule has 2 aliphatic carbocycles. The maximum atomic E-state index is 14.2. The summed E-state index contributed by atoms with van der Waals surface area (Å²) in [7, 11) is 0.